The highest BCUT2D eigenvalue weighted by Gasteiger charge is 2.20. The first-order valence-corrected chi connectivity index (χ1v) is 4.77. The Labute approximate surface area is 92.9 Å². The number of aliphatic imine (C=N–C) groups is 1. The first kappa shape index (κ1) is 10.4. The Balaban J connectivity index is 2.59. The molecule has 1 heterocycles. The molecular weight excluding hydrogens is 206 g/mol. The Hall–Kier alpha value is -2.17. The number of benzene rings is 1. The average molecular weight is 217 g/mol. The molecule has 0 aromatic heterocycles. The van der Waals surface area contributed by atoms with Crippen molar-refractivity contribution in [3.63, 3.8) is 0 Å². The number of nitrogens with zero attached hydrogens (tertiary/aromatic N) is 3. The van der Waals surface area contributed by atoms with Crippen LogP contribution in [0.25, 0.3) is 0 Å². The number of allylic oxidation sites excluding steroid dienone is 1. The molecule has 0 saturated carbocycles. The van der Waals surface area contributed by atoms with Gasteiger partial charge in [-0.15, -0.1) is 0 Å². The van der Waals surface area contributed by atoms with Gasteiger partial charge in [0.05, 0.1) is 27.7 Å². The van der Waals surface area contributed by atoms with Gasteiger partial charge in [-0.1, -0.05) is 6.58 Å². The summed E-state index contributed by atoms with van der Waals surface area (Å²) < 4.78 is 0. The van der Waals surface area contributed by atoms with Gasteiger partial charge in [-0.05, 0) is 13.0 Å². The van der Waals surface area contributed by atoms with E-state index >= 15 is 0 Å². The maximum atomic E-state index is 10.6. The molecule has 82 valence electrons. The van der Waals surface area contributed by atoms with Gasteiger partial charge in [-0.3, -0.25) is 10.1 Å². The minimum absolute atomic E-state index is 0.0520. The van der Waals surface area contributed by atoms with Crippen LogP contribution in [0.5, 0.6) is 0 Å². The fraction of sp³-hybridized carbons (Fsp3) is 0.182. The monoisotopic (exact) mass is 217 g/mol. The molecule has 2 rings (SSSR count). The van der Waals surface area contributed by atoms with Crippen LogP contribution in [0, 0.1) is 10.1 Å². The van der Waals surface area contributed by atoms with E-state index in [2.05, 4.69) is 11.6 Å². The van der Waals surface area contributed by atoms with Crippen LogP contribution in [0.4, 0.5) is 17.1 Å². The third-order valence-electron chi connectivity index (χ3n) is 2.64. The average Bonchev–Trinajstić information content (AvgIpc) is 2.25. The fourth-order valence-electron chi connectivity index (χ4n) is 1.63. The standard InChI is InChI=1S/C11H11N3O2/c1-7-8(2)13(3)11-5-4-9(14(15)16)6-10(11)12-7/h4-6H,2H2,1,3H3. The zero-order valence-electron chi connectivity index (χ0n) is 9.10. The summed E-state index contributed by atoms with van der Waals surface area (Å²) in [5.41, 5.74) is 3.08. The van der Waals surface area contributed by atoms with Crippen LogP contribution >= 0.6 is 0 Å². The van der Waals surface area contributed by atoms with E-state index in [0.717, 1.165) is 17.1 Å². The molecule has 0 atom stereocenters. The van der Waals surface area contributed by atoms with Crippen molar-refractivity contribution >= 4 is 22.8 Å². The lowest BCUT2D eigenvalue weighted by molar-refractivity contribution is -0.384. The molecule has 0 unspecified atom stereocenters. The summed E-state index contributed by atoms with van der Waals surface area (Å²) in [5, 5.41) is 10.6. The second kappa shape index (κ2) is 3.44. The molecule has 5 heteroatoms. The molecule has 0 aliphatic carbocycles. The number of nitro benzene ring substituents is 1. The van der Waals surface area contributed by atoms with Gasteiger partial charge in [0.15, 0.2) is 0 Å². The van der Waals surface area contributed by atoms with E-state index in [9.17, 15) is 10.1 Å². The van der Waals surface area contributed by atoms with Crippen LogP contribution in [-0.4, -0.2) is 17.7 Å². The Bertz CT molecular complexity index is 520. The predicted octanol–water partition coefficient (Wildman–Crippen LogP) is 2.65. The summed E-state index contributed by atoms with van der Waals surface area (Å²) in [6, 6.07) is 4.63. The Morgan fingerprint density at radius 2 is 2.19 bits per heavy atom. The van der Waals surface area contributed by atoms with Crippen LogP contribution < -0.4 is 4.90 Å². The number of nitro groups is 1. The second-order valence-corrected chi connectivity index (χ2v) is 3.63. The van der Waals surface area contributed by atoms with Gasteiger partial charge in [0, 0.05) is 19.2 Å². The topological polar surface area (TPSA) is 58.7 Å². The summed E-state index contributed by atoms with van der Waals surface area (Å²) in [4.78, 5) is 16.4. The normalized spacial score (nSPS) is 14.5. The van der Waals surface area contributed by atoms with Gasteiger partial charge in [0.25, 0.3) is 5.69 Å². The van der Waals surface area contributed by atoms with Gasteiger partial charge in [-0.25, -0.2) is 4.99 Å². The van der Waals surface area contributed by atoms with E-state index in [4.69, 9.17) is 0 Å². The molecule has 0 radical (unpaired) electrons. The van der Waals surface area contributed by atoms with Gasteiger partial charge in [-0.2, -0.15) is 0 Å². The Morgan fingerprint density at radius 1 is 1.50 bits per heavy atom. The van der Waals surface area contributed by atoms with E-state index < -0.39 is 4.92 Å². The Morgan fingerprint density at radius 3 is 2.81 bits per heavy atom. The van der Waals surface area contributed by atoms with Crippen molar-refractivity contribution in [3.05, 3.63) is 40.6 Å². The quantitative estimate of drug-likeness (QED) is 0.536. The molecule has 1 aliphatic rings. The molecule has 0 saturated heterocycles. The van der Waals surface area contributed by atoms with Crippen molar-refractivity contribution < 1.29 is 4.92 Å². The number of non-ortho nitro benzene ring substituents is 1. The van der Waals surface area contributed by atoms with E-state index in [-0.39, 0.29) is 5.69 Å². The van der Waals surface area contributed by atoms with Gasteiger partial charge in [0.1, 0.15) is 0 Å². The molecule has 16 heavy (non-hydrogen) atoms. The second-order valence-electron chi connectivity index (χ2n) is 3.63. The number of anilines is 1. The summed E-state index contributed by atoms with van der Waals surface area (Å²) in [6.45, 7) is 5.73. The van der Waals surface area contributed by atoms with E-state index in [1.807, 2.05) is 18.9 Å². The Kier molecular flexibility index (Phi) is 2.23. The lowest BCUT2D eigenvalue weighted by Gasteiger charge is -2.27. The van der Waals surface area contributed by atoms with Crippen LogP contribution in [0.15, 0.2) is 35.5 Å². The fourth-order valence-corrected chi connectivity index (χ4v) is 1.63. The molecule has 0 N–H and O–H groups in total. The van der Waals surface area contributed by atoms with Gasteiger partial charge < -0.3 is 4.90 Å². The third-order valence-corrected chi connectivity index (χ3v) is 2.64. The van der Waals surface area contributed by atoms with Crippen LogP contribution in [0.3, 0.4) is 0 Å². The van der Waals surface area contributed by atoms with Crippen molar-refractivity contribution in [3.8, 4) is 0 Å². The minimum atomic E-state index is -0.422. The highest BCUT2D eigenvalue weighted by molar-refractivity contribution is 6.06. The minimum Gasteiger partial charge on any atom is -0.342 e. The molecule has 1 aromatic carbocycles. The number of fused-ring (bicyclic) bond motifs is 1. The van der Waals surface area contributed by atoms with Crippen molar-refractivity contribution in [2.75, 3.05) is 11.9 Å². The van der Waals surface area contributed by atoms with E-state index in [0.29, 0.717) is 5.69 Å². The molecular formula is C11H11N3O2. The van der Waals surface area contributed by atoms with Crippen LogP contribution in [0.2, 0.25) is 0 Å². The summed E-state index contributed by atoms with van der Waals surface area (Å²) in [6.07, 6.45) is 0. The third kappa shape index (κ3) is 1.46. The molecule has 0 spiro atoms. The largest absolute Gasteiger partial charge is 0.342 e. The molecule has 1 aliphatic heterocycles. The van der Waals surface area contributed by atoms with Crippen LogP contribution in [0.1, 0.15) is 6.92 Å². The van der Waals surface area contributed by atoms with Crippen molar-refractivity contribution in [2.24, 2.45) is 4.99 Å². The van der Waals surface area contributed by atoms with Gasteiger partial charge >= 0.3 is 0 Å². The summed E-state index contributed by atoms with van der Waals surface area (Å²) in [7, 11) is 1.87. The van der Waals surface area contributed by atoms with Crippen molar-refractivity contribution in [2.45, 2.75) is 6.92 Å². The maximum absolute atomic E-state index is 10.6. The first-order chi connectivity index (χ1) is 7.50. The molecule has 0 fully saturated rings. The lowest BCUT2D eigenvalue weighted by Crippen LogP contribution is -2.23. The van der Waals surface area contributed by atoms with E-state index in [1.165, 1.54) is 12.1 Å². The molecule has 5 nitrogen and oxygen atoms in total. The predicted molar refractivity (Wildman–Crippen MR) is 63.4 cm³/mol. The maximum Gasteiger partial charge on any atom is 0.271 e. The molecule has 1 aromatic rings. The first-order valence-electron chi connectivity index (χ1n) is 4.77. The zero-order chi connectivity index (χ0) is 11.9. The lowest BCUT2D eigenvalue weighted by atomic mass is 10.1. The molecule has 0 amide bonds. The SMILES string of the molecule is C=C1C(C)=Nc2cc([N+](=O)[O-])ccc2N1C. The van der Waals surface area contributed by atoms with Crippen molar-refractivity contribution in [1.82, 2.24) is 0 Å². The smallest absolute Gasteiger partial charge is 0.271 e. The zero-order valence-corrected chi connectivity index (χ0v) is 9.10. The highest BCUT2D eigenvalue weighted by Crippen LogP contribution is 2.37. The van der Waals surface area contributed by atoms with Crippen molar-refractivity contribution in [1.29, 1.82) is 0 Å². The van der Waals surface area contributed by atoms with Crippen LogP contribution in [-0.2, 0) is 0 Å². The summed E-state index contributed by atoms with van der Waals surface area (Å²) >= 11 is 0. The summed E-state index contributed by atoms with van der Waals surface area (Å²) in [5.74, 6) is 0. The number of rotatable bonds is 1. The number of hydrogen-bond donors (Lipinski definition) is 0. The number of hydrogen-bond acceptors (Lipinski definition) is 4. The van der Waals surface area contributed by atoms with Gasteiger partial charge in [0.2, 0.25) is 0 Å². The molecule has 0 bridgehead atoms. The highest BCUT2D eigenvalue weighted by atomic mass is 16.6. The van der Waals surface area contributed by atoms with E-state index in [1.54, 1.807) is 6.07 Å².